The second-order valence-electron chi connectivity index (χ2n) is 4.46. The summed E-state index contributed by atoms with van der Waals surface area (Å²) in [7, 11) is 0. The molecule has 1 unspecified atom stereocenters. The molecule has 0 radical (unpaired) electrons. The highest BCUT2D eigenvalue weighted by molar-refractivity contribution is 5.78. The molecule has 1 rings (SSSR count). The molecule has 0 bridgehead atoms. The van der Waals surface area contributed by atoms with Gasteiger partial charge in [0.05, 0.1) is 0 Å². The van der Waals surface area contributed by atoms with Gasteiger partial charge in [0.1, 0.15) is 5.69 Å². The Morgan fingerprint density at radius 1 is 1.42 bits per heavy atom. The van der Waals surface area contributed by atoms with Crippen molar-refractivity contribution < 1.29 is 18.0 Å². The van der Waals surface area contributed by atoms with Gasteiger partial charge in [-0.2, -0.15) is 13.2 Å². The van der Waals surface area contributed by atoms with Crippen LogP contribution in [-0.2, 0) is 17.5 Å². The number of aromatic nitrogens is 1. The molecular formula is C13H17F3N2O. The van der Waals surface area contributed by atoms with Crippen molar-refractivity contribution in [1.82, 2.24) is 10.3 Å². The van der Waals surface area contributed by atoms with Crippen LogP contribution in [0, 0.1) is 5.92 Å². The van der Waals surface area contributed by atoms with Crippen molar-refractivity contribution in [1.29, 1.82) is 0 Å². The Bertz CT molecular complexity index is 415. The molecule has 0 aliphatic heterocycles. The van der Waals surface area contributed by atoms with Crippen molar-refractivity contribution in [2.24, 2.45) is 5.92 Å². The maximum Gasteiger partial charge on any atom is 0.433 e. The number of halogens is 3. The van der Waals surface area contributed by atoms with Gasteiger partial charge in [-0.25, -0.2) is 0 Å². The van der Waals surface area contributed by atoms with E-state index in [1.54, 1.807) is 0 Å². The molecule has 1 heterocycles. The summed E-state index contributed by atoms with van der Waals surface area (Å²) in [5, 5.41) is 2.68. The van der Waals surface area contributed by atoms with Gasteiger partial charge in [0.2, 0.25) is 5.91 Å². The highest BCUT2D eigenvalue weighted by atomic mass is 19.4. The van der Waals surface area contributed by atoms with Crippen LogP contribution in [0.4, 0.5) is 13.2 Å². The van der Waals surface area contributed by atoms with Gasteiger partial charge < -0.3 is 5.32 Å². The van der Waals surface area contributed by atoms with Gasteiger partial charge >= 0.3 is 6.18 Å². The van der Waals surface area contributed by atoms with Gasteiger partial charge in [-0.3, -0.25) is 9.78 Å². The number of alkyl halides is 3. The van der Waals surface area contributed by atoms with Crippen molar-refractivity contribution in [3.63, 3.8) is 0 Å². The Hall–Kier alpha value is -1.59. The lowest BCUT2D eigenvalue weighted by Crippen LogP contribution is -2.28. The SMILES string of the molecule is CCCC(C)C(=O)NCc1ccc(C(F)(F)F)nc1. The third-order valence-electron chi connectivity index (χ3n) is 2.75. The lowest BCUT2D eigenvalue weighted by molar-refractivity contribution is -0.141. The van der Waals surface area contributed by atoms with E-state index in [-0.39, 0.29) is 18.4 Å². The molecule has 6 heteroatoms. The molecule has 1 N–H and O–H groups in total. The average Bonchev–Trinajstić information content (AvgIpc) is 2.35. The number of amides is 1. The number of nitrogens with zero attached hydrogens (tertiary/aromatic N) is 1. The van der Waals surface area contributed by atoms with Crippen LogP contribution in [0.25, 0.3) is 0 Å². The van der Waals surface area contributed by atoms with E-state index in [1.165, 1.54) is 6.07 Å². The van der Waals surface area contributed by atoms with E-state index >= 15 is 0 Å². The van der Waals surface area contributed by atoms with Crippen LogP contribution < -0.4 is 5.32 Å². The Morgan fingerprint density at radius 2 is 2.11 bits per heavy atom. The van der Waals surface area contributed by atoms with Crippen LogP contribution in [0.15, 0.2) is 18.3 Å². The molecule has 1 aromatic rings. The monoisotopic (exact) mass is 274 g/mol. The highest BCUT2D eigenvalue weighted by Crippen LogP contribution is 2.27. The molecule has 106 valence electrons. The minimum atomic E-state index is -4.43. The van der Waals surface area contributed by atoms with Crippen molar-refractivity contribution in [3.05, 3.63) is 29.6 Å². The molecule has 0 aliphatic carbocycles. The zero-order valence-corrected chi connectivity index (χ0v) is 10.9. The zero-order chi connectivity index (χ0) is 14.5. The van der Waals surface area contributed by atoms with E-state index in [0.717, 1.165) is 25.1 Å². The molecule has 0 saturated carbocycles. The number of pyridine rings is 1. The van der Waals surface area contributed by atoms with Crippen LogP contribution in [0.1, 0.15) is 37.9 Å². The normalized spacial score (nSPS) is 13.1. The summed E-state index contributed by atoms with van der Waals surface area (Å²) in [6.07, 6.45) is -1.60. The Balaban J connectivity index is 2.53. The molecule has 19 heavy (non-hydrogen) atoms. The number of carbonyl (C=O) groups is 1. The van der Waals surface area contributed by atoms with E-state index < -0.39 is 11.9 Å². The summed E-state index contributed by atoms with van der Waals surface area (Å²) in [5.74, 6) is -0.186. The molecule has 0 aliphatic rings. The smallest absolute Gasteiger partial charge is 0.352 e. The van der Waals surface area contributed by atoms with Crippen molar-refractivity contribution in [2.75, 3.05) is 0 Å². The number of nitrogens with one attached hydrogen (secondary N) is 1. The third-order valence-corrected chi connectivity index (χ3v) is 2.75. The molecule has 1 atom stereocenters. The summed E-state index contributed by atoms with van der Waals surface area (Å²) >= 11 is 0. The first-order chi connectivity index (χ1) is 8.84. The van der Waals surface area contributed by atoms with E-state index in [0.29, 0.717) is 5.56 Å². The fraction of sp³-hybridized carbons (Fsp3) is 0.538. The first-order valence-corrected chi connectivity index (χ1v) is 6.14. The molecule has 0 spiro atoms. The average molecular weight is 274 g/mol. The lowest BCUT2D eigenvalue weighted by atomic mass is 10.1. The quantitative estimate of drug-likeness (QED) is 0.896. The summed E-state index contributed by atoms with van der Waals surface area (Å²) < 4.78 is 36.9. The van der Waals surface area contributed by atoms with Gasteiger partial charge in [0.15, 0.2) is 0 Å². The van der Waals surface area contributed by atoms with Crippen LogP contribution >= 0.6 is 0 Å². The number of carbonyl (C=O) groups excluding carboxylic acids is 1. The second kappa shape index (κ2) is 6.54. The van der Waals surface area contributed by atoms with Crippen LogP contribution in [0.2, 0.25) is 0 Å². The molecule has 0 saturated heterocycles. The maximum atomic E-state index is 12.3. The first kappa shape index (κ1) is 15.5. The van der Waals surface area contributed by atoms with E-state index in [2.05, 4.69) is 10.3 Å². The summed E-state index contributed by atoms with van der Waals surface area (Å²) in [6.45, 7) is 4.01. The second-order valence-corrected chi connectivity index (χ2v) is 4.46. The fourth-order valence-corrected chi connectivity index (χ4v) is 1.62. The van der Waals surface area contributed by atoms with Gasteiger partial charge in [0.25, 0.3) is 0 Å². The third kappa shape index (κ3) is 4.89. The topological polar surface area (TPSA) is 42.0 Å². The lowest BCUT2D eigenvalue weighted by Gasteiger charge is -2.11. The minimum Gasteiger partial charge on any atom is -0.352 e. The molecule has 3 nitrogen and oxygen atoms in total. The van der Waals surface area contributed by atoms with Crippen molar-refractivity contribution in [2.45, 2.75) is 39.4 Å². The summed E-state index contributed by atoms with van der Waals surface area (Å²) in [5.41, 5.74) is -0.382. The maximum absolute atomic E-state index is 12.3. The van der Waals surface area contributed by atoms with Gasteiger partial charge in [0, 0.05) is 18.7 Å². The molecule has 0 fully saturated rings. The predicted octanol–water partition coefficient (Wildman–Crippen LogP) is 3.15. The summed E-state index contributed by atoms with van der Waals surface area (Å²) in [4.78, 5) is 15.0. The summed E-state index contributed by atoms with van der Waals surface area (Å²) in [6, 6.07) is 2.23. The van der Waals surface area contributed by atoms with Gasteiger partial charge in [-0.05, 0) is 18.1 Å². The molecular weight excluding hydrogens is 257 g/mol. The van der Waals surface area contributed by atoms with Crippen LogP contribution in [0.3, 0.4) is 0 Å². The van der Waals surface area contributed by atoms with E-state index in [9.17, 15) is 18.0 Å². The predicted molar refractivity (Wildman–Crippen MR) is 65.2 cm³/mol. The highest BCUT2D eigenvalue weighted by Gasteiger charge is 2.31. The van der Waals surface area contributed by atoms with Crippen molar-refractivity contribution in [3.8, 4) is 0 Å². The van der Waals surface area contributed by atoms with Crippen LogP contribution in [-0.4, -0.2) is 10.9 Å². The number of rotatable bonds is 5. The van der Waals surface area contributed by atoms with Gasteiger partial charge in [-0.15, -0.1) is 0 Å². The van der Waals surface area contributed by atoms with Crippen LogP contribution in [0.5, 0.6) is 0 Å². The molecule has 1 amide bonds. The largest absolute Gasteiger partial charge is 0.433 e. The minimum absolute atomic E-state index is 0.0904. The molecule has 1 aromatic heterocycles. The number of hydrogen-bond acceptors (Lipinski definition) is 2. The first-order valence-electron chi connectivity index (χ1n) is 6.14. The fourth-order valence-electron chi connectivity index (χ4n) is 1.62. The van der Waals surface area contributed by atoms with E-state index in [4.69, 9.17) is 0 Å². The number of hydrogen-bond donors (Lipinski definition) is 1. The van der Waals surface area contributed by atoms with E-state index in [1.807, 2.05) is 13.8 Å². The Labute approximate surface area is 110 Å². The van der Waals surface area contributed by atoms with Crippen molar-refractivity contribution >= 4 is 5.91 Å². The Kier molecular flexibility index (Phi) is 5.32. The zero-order valence-electron chi connectivity index (χ0n) is 10.9. The molecule has 0 aromatic carbocycles. The Morgan fingerprint density at radius 3 is 2.58 bits per heavy atom. The standard InChI is InChI=1S/C13H17F3N2O/c1-3-4-9(2)12(19)18-8-10-5-6-11(17-7-10)13(14,15)16/h5-7,9H,3-4,8H2,1-2H3,(H,18,19). The van der Waals surface area contributed by atoms with Gasteiger partial charge in [-0.1, -0.05) is 26.3 Å².